The van der Waals surface area contributed by atoms with Crippen LogP contribution in [-0.4, -0.2) is 31.1 Å². The van der Waals surface area contributed by atoms with Gasteiger partial charge in [-0.3, -0.25) is 4.79 Å². The van der Waals surface area contributed by atoms with E-state index in [2.05, 4.69) is 15.9 Å². The molecule has 1 amide bonds. The van der Waals surface area contributed by atoms with Crippen LogP contribution >= 0.6 is 15.9 Å². The molecule has 0 unspecified atom stereocenters. The van der Waals surface area contributed by atoms with Gasteiger partial charge in [0.2, 0.25) is 0 Å². The van der Waals surface area contributed by atoms with Crippen LogP contribution < -0.4 is 0 Å². The van der Waals surface area contributed by atoms with E-state index < -0.39 is 0 Å². The summed E-state index contributed by atoms with van der Waals surface area (Å²) in [6.07, 6.45) is 1.60. The van der Waals surface area contributed by atoms with Crippen LogP contribution in [0.25, 0.3) is 0 Å². The van der Waals surface area contributed by atoms with Gasteiger partial charge < -0.3 is 14.1 Å². The van der Waals surface area contributed by atoms with Crippen LogP contribution in [-0.2, 0) is 11.3 Å². The molecule has 0 radical (unpaired) electrons. The lowest BCUT2D eigenvalue weighted by molar-refractivity contribution is 0.0666. The van der Waals surface area contributed by atoms with Crippen LogP contribution in [0.2, 0.25) is 0 Å². The van der Waals surface area contributed by atoms with Gasteiger partial charge in [0.15, 0.2) is 0 Å². The Morgan fingerprint density at radius 1 is 1.35 bits per heavy atom. The summed E-state index contributed by atoms with van der Waals surface area (Å²) >= 11 is 3.38. The van der Waals surface area contributed by atoms with E-state index in [0.717, 1.165) is 10.2 Å². The quantitative estimate of drug-likeness (QED) is 0.811. The number of amides is 1. The zero-order valence-electron chi connectivity index (χ0n) is 11.2. The van der Waals surface area contributed by atoms with E-state index in [9.17, 15) is 4.79 Å². The lowest BCUT2D eigenvalue weighted by Crippen LogP contribution is -2.33. The van der Waals surface area contributed by atoms with Crippen LogP contribution in [0, 0.1) is 0 Å². The van der Waals surface area contributed by atoms with Gasteiger partial charge in [-0.05, 0) is 30.3 Å². The van der Waals surface area contributed by atoms with Crippen molar-refractivity contribution in [1.29, 1.82) is 0 Å². The highest BCUT2D eigenvalue weighted by Gasteiger charge is 2.17. The van der Waals surface area contributed by atoms with Crippen molar-refractivity contribution in [2.24, 2.45) is 0 Å². The zero-order chi connectivity index (χ0) is 14.4. The maximum atomic E-state index is 12.5. The van der Waals surface area contributed by atoms with E-state index in [-0.39, 0.29) is 5.91 Å². The fourth-order valence-electron chi connectivity index (χ4n) is 1.85. The molecule has 2 rings (SSSR count). The van der Waals surface area contributed by atoms with Crippen molar-refractivity contribution in [3.63, 3.8) is 0 Å². The first-order valence-electron chi connectivity index (χ1n) is 6.27. The van der Waals surface area contributed by atoms with Gasteiger partial charge in [-0.1, -0.05) is 22.0 Å². The van der Waals surface area contributed by atoms with E-state index >= 15 is 0 Å². The molecule has 0 aliphatic heterocycles. The maximum Gasteiger partial charge on any atom is 0.254 e. The second kappa shape index (κ2) is 7.26. The summed E-state index contributed by atoms with van der Waals surface area (Å²) in [6.45, 7) is 1.44. The molecule has 106 valence electrons. The van der Waals surface area contributed by atoms with Crippen molar-refractivity contribution in [3.8, 4) is 0 Å². The SMILES string of the molecule is COCCN(Cc1ccco1)C(=O)c1cccc(Br)c1. The molecule has 0 atom stereocenters. The summed E-state index contributed by atoms with van der Waals surface area (Å²) in [4.78, 5) is 14.2. The number of rotatable bonds is 6. The Morgan fingerprint density at radius 3 is 2.85 bits per heavy atom. The first-order valence-corrected chi connectivity index (χ1v) is 7.06. The van der Waals surface area contributed by atoms with Crippen LogP contribution in [0.5, 0.6) is 0 Å². The fraction of sp³-hybridized carbons (Fsp3) is 0.267. The molecule has 0 saturated carbocycles. The molecule has 0 aliphatic carbocycles. The first-order chi connectivity index (χ1) is 9.70. The minimum Gasteiger partial charge on any atom is -0.467 e. The molecule has 5 heteroatoms. The number of nitrogens with zero attached hydrogens (tertiary/aromatic N) is 1. The van der Waals surface area contributed by atoms with Crippen LogP contribution in [0.15, 0.2) is 51.6 Å². The summed E-state index contributed by atoms with van der Waals surface area (Å²) in [6, 6.07) is 11.0. The minimum atomic E-state index is -0.0419. The normalized spacial score (nSPS) is 10.5. The number of hydrogen-bond donors (Lipinski definition) is 0. The average Bonchev–Trinajstić information content (AvgIpc) is 2.95. The molecule has 0 spiro atoms. The number of carbonyl (C=O) groups is 1. The average molecular weight is 338 g/mol. The van der Waals surface area contributed by atoms with Gasteiger partial charge in [0.1, 0.15) is 5.76 Å². The molecule has 0 fully saturated rings. The smallest absolute Gasteiger partial charge is 0.254 e. The van der Waals surface area contributed by atoms with Crippen molar-refractivity contribution in [2.45, 2.75) is 6.54 Å². The lowest BCUT2D eigenvalue weighted by Gasteiger charge is -2.21. The number of furan rings is 1. The molecule has 2 aromatic rings. The predicted octanol–water partition coefficient (Wildman–Crippen LogP) is 3.33. The number of methoxy groups -OCH3 is 1. The van der Waals surface area contributed by atoms with Gasteiger partial charge in [-0.25, -0.2) is 0 Å². The number of carbonyl (C=O) groups excluding carboxylic acids is 1. The number of ether oxygens (including phenoxy) is 1. The van der Waals surface area contributed by atoms with E-state index in [1.807, 2.05) is 30.3 Å². The van der Waals surface area contributed by atoms with Crippen molar-refractivity contribution >= 4 is 21.8 Å². The van der Waals surface area contributed by atoms with Crippen molar-refractivity contribution in [2.75, 3.05) is 20.3 Å². The minimum absolute atomic E-state index is 0.0419. The van der Waals surface area contributed by atoms with Gasteiger partial charge >= 0.3 is 0 Å². The Labute approximate surface area is 126 Å². The second-order valence-electron chi connectivity index (χ2n) is 4.31. The number of benzene rings is 1. The van der Waals surface area contributed by atoms with Crippen LogP contribution in [0.4, 0.5) is 0 Å². The van der Waals surface area contributed by atoms with Gasteiger partial charge in [0.25, 0.3) is 5.91 Å². The Kier molecular flexibility index (Phi) is 5.38. The molecule has 20 heavy (non-hydrogen) atoms. The summed E-state index contributed by atoms with van der Waals surface area (Å²) < 4.78 is 11.3. The van der Waals surface area contributed by atoms with E-state index in [0.29, 0.717) is 25.3 Å². The third-order valence-corrected chi connectivity index (χ3v) is 3.34. The fourth-order valence-corrected chi connectivity index (χ4v) is 2.25. The Bertz CT molecular complexity index is 554. The molecule has 1 aromatic heterocycles. The van der Waals surface area contributed by atoms with Crippen molar-refractivity contribution in [1.82, 2.24) is 4.90 Å². The molecule has 1 heterocycles. The third kappa shape index (κ3) is 3.95. The zero-order valence-corrected chi connectivity index (χ0v) is 12.8. The van der Waals surface area contributed by atoms with Gasteiger partial charge in [-0.15, -0.1) is 0 Å². The molecule has 0 saturated heterocycles. The Balaban J connectivity index is 2.14. The van der Waals surface area contributed by atoms with Crippen molar-refractivity contribution in [3.05, 3.63) is 58.5 Å². The highest BCUT2D eigenvalue weighted by Crippen LogP contribution is 2.15. The third-order valence-electron chi connectivity index (χ3n) is 2.85. The van der Waals surface area contributed by atoms with Crippen LogP contribution in [0.1, 0.15) is 16.1 Å². The summed E-state index contributed by atoms with van der Waals surface area (Å²) in [7, 11) is 1.62. The number of halogens is 1. The second-order valence-corrected chi connectivity index (χ2v) is 5.22. The Hall–Kier alpha value is -1.59. The molecular formula is C15H16BrNO3. The van der Waals surface area contributed by atoms with Gasteiger partial charge in [-0.2, -0.15) is 0 Å². The monoisotopic (exact) mass is 337 g/mol. The predicted molar refractivity (Wildman–Crippen MR) is 79.5 cm³/mol. The molecule has 0 aliphatic rings. The first kappa shape index (κ1) is 14.8. The van der Waals surface area contributed by atoms with Crippen LogP contribution in [0.3, 0.4) is 0 Å². The maximum absolute atomic E-state index is 12.5. The van der Waals surface area contributed by atoms with E-state index in [4.69, 9.17) is 9.15 Å². The summed E-state index contributed by atoms with van der Waals surface area (Å²) in [5.41, 5.74) is 0.641. The summed E-state index contributed by atoms with van der Waals surface area (Å²) in [5.74, 6) is 0.712. The highest BCUT2D eigenvalue weighted by atomic mass is 79.9. The molecule has 0 N–H and O–H groups in total. The standard InChI is InChI=1S/C15H16BrNO3/c1-19-9-7-17(11-14-6-3-8-20-14)15(18)12-4-2-5-13(16)10-12/h2-6,8,10H,7,9,11H2,1H3. The molecule has 0 bridgehead atoms. The Morgan fingerprint density at radius 2 is 2.20 bits per heavy atom. The topological polar surface area (TPSA) is 42.7 Å². The van der Waals surface area contributed by atoms with Gasteiger partial charge in [0, 0.05) is 23.7 Å². The van der Waals surface area contributed by atoms with Gasteiger partial charge in [0.05, 0.1) is 19.4 Å². The van der Waals surface area contributed by atoms with E-state index in [1.165, 1.54) is 0 Å². The molecular weight excluding hydrogens is 322 g/mol. The van der Waals surface area contributed by atoms with Crippen molar-refractivity contribution < 1.29 is 13.9 Å². The molecule has 1 aromatic carbocycles. The molecule has 4 nitrogen and oxygen atoms in total. The highest BCUT2D eigenvalue weighted by molar-refractivity contribution is 9.10. The summed E-state index contributed by atoms with van der Waals surface area (Å²) in [5, 5.41) is 0. The largest absolute Gasteiger partial charge is 0.467 e. The lowest BCUT2D eigenvalue weighted by atomic mass is 10.2. The van der Waals surface area contributed by atoms with E-state index in [1.54, 1.807) is 24.3 Å². The number of hydrogen-bond acceptors (Lipinski definition) is 3.